The van der Waals surface area contributed by atoms with E-state index in [4.69, 9.17) is 5.73 Å². The second-order valence-corrected chi connectivity index (χ2v) is 4.29. The highest BCUT2D eigenvalue weighted by atomic mass is 16.5. The minimum Gasteiger partial charge on any atom is -0.464 e. The van der Waals surface area contributed by atoms with Gasteiger partial charge in [-0.05, 0) is 13.3 Å². The molecule has 1 atom stereocenters. The molecule has 1 amide bonds. The molecule has 18 heavy (non-hydrogen) atoms. The van der Waals surface area contributed by atoms with Crippen LogP contribution in [0, 0.1) is 0 Å². The molecular formula is C13H26N2O3. The highest BCUT2D eigenvalue weighted by Gasteiger charge is 2.22. The summed E-state index contributed by atoms with van der Waals surface area (Å²) in [6, 6.07) is -1.20. The zero-order valence-electron chi connectivity index (χ0n) is 11.5. The van der Waals surface area contributed by atoms with Gasteiger partial charge in [0.25, 0.3) is 0 Å². The summed E-state index contributed by atoms with van der Waals surface area (Å²) in [5.74, 6) is -1.13. The molecule has 0 aliphatic rings. The fraction of sp³-hybridized carbons (Fsp3) is 0.846. The van der Waals surface area contributed by atoms with Crippen LogP contribution in [0.1, 0.15) is 52.4 Å². The van der Waals surface area contributed by atoms with Crippen molar-refractivity contribution in [2.75, 3.05) is 13.2 Å². The predicted molar refractivity (Wildman–Crippen MR) is 71.0 cm³/mol. The first-order chi connectivity index (χ1) is 8.63. The van der Waals surface area contributed by atoms with Crippen LogP contribution in [0.5, 0.6) is 0 Å². The number of nitrogens with two attached hydrogens (primary N) is 1. The molecular weight excluding hydrogens is 232 g/mol. The first-order valence-electron chi connectivity index (χ1n) is 6.83. The van der Waals surface area contributed by atoms with Crippen molar-refractivity contribution in [2.45, 2.75) is 58.4 Å². The maximum atomic E-state index is 11.5. The molecule has 5 nitrogen and oxygen atoms in total. The number of carbonyl (C=O) groups excluding carboxylic acids is 2. The number of esters is 1. The highest BCUT2D eigenvalue weighted by Crippen LogP contribution is 2.04. The highest BCUT2D eigenvalue weighted by molar-refractivity contribution is 6.01. The van der Waals surface area contributed by atoms with E-state index in [1.165, 1.54) is 25.7 Å². The molecule has 0 rings (SSSR count). The molecule has 0 saturated heterocycles. The smallest absolute Gasteiger partial charge is 0.332 e. The van der Waals surface area contributed by atoms with Gasteiger partial charge in [0.15, 0.2) is 6.04 Å². The Labute approximate surface area is 109 Å². The first kappa shape index (κ1) is 16.9. The van der Waals surface area contributed by atoms with E-state index >= 15 is 0 Å². The van der Waals surface area contributed by atoms with E-state index in [1.54, 1.807) is 6.92 Å². The molecule has 0 saturated carbocycles. The zero-order valence-corrected chi connectivity index (χ0v) is 11.5. The summed E-state index contributed by atoms with van der Waals surface area (Å²) in [4.78, 5) is 22.6. The van der Waals surface area contributed by atoms with E-state index in [-0.39, 0.29) is 6.61 Å². The Bertz CT molecular complexity index is 244. The molecule has 0 aromatic rings. The Kier molecular flexibility index (Phi) is 10.3. The number of carbonyl (C=O) groups is 2. The van der Waals surface area contributed by atoms with Crippen LogP contribution in [-0.2, 0) is 14.3 Å². The largest absolute Gasteiger partial charge is 0.464 e. The van der Waals surface area contributed by atoms with Gasteiger partial charge in [-0.25, -0.2) is 4.79 Å². The zero-order chi connectivity index (χ0) is 13.8. The van der Waals surface area contributed by atoms with Gasteiger partial charge in [-0.1, -0.05) is 39.0 Å². The van der Waals surface area contributed by atoms with Crippen molar-refractivity contribution >= 4 is 11.9 Å². The molecule has 0 aliphatic carbocycles. The van der Waals surface area contributed by atoms with Crippen LogP contribution >= 0.6 is 0 Å². The van der Waals surface area contributed by atoms with Gasteiger partial charge >= 0.3 is 5.97 Å². The Balaban J connectivity index is 3.55. The number of hydrogen-bond acceptors (Lipinski definition) is 4. The van der Waals surface area contributed by atoms with Gasteiger partial charge in [-0.15, -0.1) is 0 Å². The van der Waals surface area contributed by atoms with Crippen LogP contribution in [0.15, 0.2) is 0 Å². The lowest BCUT2D eigenvalue weighted by Crippen LogP contribution is -2.47. The minimum absolute atomic E-state index is 0.233. The molecule has 0 bridgehead atoms. The normalized spacial score (nSPS) is 11.9. The molecule has 0 spiro atoms. The lowest BCUT2D eigenvalue weighted by molar-refractivity contribution is -0.147. The summed E-state index contributed by atoms with van der Waals surface area (Å²) in [5, 5.41) is 2.65. The number of amides is 1. The molecule has 5 heteroatoms. The van der Waals surface area contributed by atoms with E-state index in [2.05, 4.69) is 17.0 Å². The van der Waals surface area contributed by atoms with Crippen molar-refractivity contribution in [2.24, 2.45) is 5.73 Å². The van der Waals surface area contributed by atoms with Gasteiger partial charge in [0.1, 0.15) is 0 Å². The molecule has 3 N–H and O–H groups in total. The van der Waals surface area contributed by atoms with E-state index in [9.17, 15) is 9.59 Å². The average molecular weight is 258 g/mol. The van der Waals surface area contributed by atoms with Crippen molar-refractivity contribution in [1.82, 2.24) is 5.32 Å². The van der Waals surface area contributed by atoms with Crippen LogP contribution in [0.25, 0.3) is 0 Å². The topological polar surface area (TPSA) is 81.4 Å². The predicted octanol–water partition coefficient (Wildman–Crippen LogP) is 1.35. The lowest BCUT2D eigenvalue weighted by Gasteiger charge is -2.10. The van der Waals surface area contributed by atoms with E-state index < -0.39 is 17.9 Å². The standard InChI is InChI=1S/C13H26N2O3/c1-3-5-6-7-8-9-10-15-12(16)11(14)13(17)18-4-2/h11H,3-10,14H2,1-2H3,(H,15,16). The molecule has 106 valence electrons. The van der Waals surface area contributed by atoms with Gasteiger partial charge in [-0.3, -0.25) is 4.79 Å². The first-order valence-corrected chi connectivity index (χ1v) is 6.83. The van der Waals surface area contributed by atoms with Crippen molar-refractivity contribution in [3.63, 3.8) is 0 Å². The van der Waals surface area contributed by atoms with Crippen molar-refractivity contribution in [1.29, 1.82) is 0 Å². The Morgan fingerprint density at radius 1 is 1.11 bits per heavy atom. The second kappa shape index (κ2) is 11.0. The van der Waals surface area contributed by atoms with Gasteiger partial charge in [0.05, 0.1) is 6.61 Å². The average Bonchev–Trinajstić information content (AvgIpc) is 2.36. The summed E-state index contributed by atoms with van der Waals surface area (Å²) < 4.78 is 4.67. The van der Waals surface area contributed by atoms with Gasteiger partial charge < -0.3 is 15.8 Å². The SMILES string of the molecule is CCCCCCCCNC(=O)C(N)C(=O)OCC. The fourth-order valence-corrected chi connectivity index (χ4v) is 1.57. The summed E-state index contributed by atoms with van der Waals surface area (Å²) in [5.41, 5.74) is 5.44. The third kappa shape index (κ3) is 8.06. The molecule has 0 aromatic carbocycles. The van der Waals surface area contributed by atoms with Crippen LogP contribution in [0.4, 0.5) is 0 Å². The second-order valence-electron chi connectivity index (χ2n) is 4.29. The summed E-state index contributed by atoms with van der Waals surface area (Å²) in [6.07, 6.45) is 6.94. The minimum atomic E-state index is -1.20. The monoisotopic (exact) mass is 258 g/mol. The van der Waals surface area contributed by atoms with Crippen LogP contribution in [0.2, 0.25) is 0 Å². The Hall–Kier alpha value is -1.10. The third-order valence-corrected chi connectivity index (χ3v) is 2.65. The van der Waals surface area contributed by atoms with Gasteiger partial charge in [-0.2, -0.15) is 0 Å². The van der Waals surface area contributed by atoms with Crippen molar-refractivity contribution < 1.29 is 14.3 Å². The number of nitrogens with one attached hydrogen (secondary N) is 1. The maximum Gasteiger partial charge on any atom is 0.332 e. The number of unbranched alkanes of at least 4 members (excludes halogenated alkanes) is 5. The number of ether oxygens (including phenoxy) is 1. The number of hydrogen-bond donors (Lipinski definition) is 2. The van der Waals surface area contributed by atoms with Crippen LogP contribution < -0.4 is 11.1 Å². The fourth-order valence-electron chi connectivity index (χ4n) is 1.57. The van der Waals surface area contributed by atoms with Gasteiger partial charge in [0, 0.05) is 6.54 Å². The van der Waals surface area contributed by atoms with Gasteiger partial charge in [0.2, 0.25) is 5.91 Å². The molecule has 1 unspecified atom stereocenters. The quantitative estimate of drug-likeness (QED) is 0.352. The summed E-state index contributed by atoms with van der Waals surface area (Å²) >= 11 is 0. The van der Waals surface area contributed by atoms with Crippen LogP contribution in [-0.4, -0.2) is 31.1 Å². The lowest BCUT2D eigenvalue weighted by atomic mass is 10.1. The number of rotatable bonds is 10. The van der Waals surface area contributed by atoms with Crippen molar-refractivity contribution in [3.8, 4) is 0 Å². The molecule has 0 heterocycles. The maximum absolute atomic E-state index is 11.5. The molecule has 0 aliphatic heterocycles. The molecule has 0 radical (unpaired) electrons. The third-order valence-electron chi connectivity index (χ3n) is 2.65. The van der Waals surface area contributed by atoms with E-state index in [0.29, 0.717) is 6.54 Å². The summed E-state index contributed by atoms with van der Waals surface area (Å²) in [6.45, 7) is 4.66. The van der Waals surface area contributed by atoms with E-state index in [0.717, 1.165) is 12.8 Å². The summed E-state index contributed by atoms with van der Waals surface area (Å²) in [7, 11) is 0. The Morgan fingerprint density at radius 2 is 1.72 bits per heavy atom. The molecule has 0 aromatic heterocycles. The van der Waals surface area contributed by atoms with Crippen LogP contribution in [0.3, 0.4) is 0 Å². The molecule has 0 fully saturated rings. The van der Waals surface area contributed by atoms with E-state index in [1.807, 2.05) is 0 Å². The Morgan fingerprint density at radius 3 is 2.33 bits per heavy atom. The van der Waals surface area contributed by atoms with Crippen molar-refractivity contribution in [3.05, 3.63) is 0 Å².